The predicted octanol–water partition coefficient (Wildman–Crippen LogP) is 5.29. The molecule has 0 atom stereocenters. The van der Waals surface area contributed by atoms with Crippen molar-refractivity contribution in [3.8, 4) is 11.5 Å². The van der Waals surface area contributed by atoms with E-state index in [1.54, 1.807) is 42.5 Å². The van der Waals surface area contributed by atoms with E-state index in [0.29, 0.717) is 22.2 Å². The molecule has 2 N–H and O–H groups in total. The summed E-state index contributed by atoms with van der Waals surface area (Å²) >= 11 is 5.84. The molecule has 0 spiro atoms. The maximum absolute atomic E-state index is 12.4. The highest BCUT2D eigenvalue weighted by Gasteiger charge is 2.13. The largest absolute Gasteiger partial charge is 0.403 e. The molecule has 0 unspecified atom stereocenters. The molecule has 7 nitrogen and oxygen atoms in total. The molecule has 0 saturated heterocycles. The van der Waals surface area contributed by atoms with Gasteiger partial charge in [-0.25, -0.2) is 0 Å². The molecule has 0 bridgehead atoms. The van der Waals surface area contributed by atoms with Gasteiger partial charge in [-0.2, -0.15) is 0 Å². The van der Waals surface area contributed by atoms with Crippen LogP contribution in [0.15, 0.2) is 89.4 Å². The number of carbonyl (C=O) groups is 2. The third-order valence-corrected chi connectivity index (χ3v) is 4.63. The zero-order valence-corrected chi connectivity index (χ0v) is 17.4. The first-order valence-electron chi connectivity index (χ1n) is 9.62. The summed E-state index contributed by atoms with van der Waals surface area (Å²) in [4.78, 5) is 24.5. The highest BCUT2D eigenvalue weighted by atomic mass is 35.5. The maximum atomic E-state index is 12.4. The van der Waals surface area contributed by atoms with Crippen molar-refractivity contribution in [3.05, 3.63) is 101 Å². The topological polar surface area (TPSA) is 97.1 Å². The third kappa shape index (κ3) is 5.47. The Morgan fingerprint density at radius 1 is 0.844 bits per heavy atom. The van der Waals surface area contributed by atoms with Gasteiger partial charge in [0.1, 0.15) is 0 Å². The molecule has 32 heavy (non-hydrogen) atoms. The number of rotatable bonds is 6. The van der Waals surface area contributed by atoms with Gasteiger partial charge in [0.15, 0.2) is 0 Å². The molecule has 0 aliphatic heterocycles. The van der Waals surface area contributed by atoms with Crippen molar-refractivity contribution in [1.29, 1.82) is 0 Å². The minimum atomic E-state index is -0.409. The van der Waals surface area contributed by atoms with Crippen LogP contribution in [-0.4, -0.2) is 22.0 Å². The Bertz CT molecular complexity index is 1250. The molecule has 0 aliphatic rings. The fourth-order valence-corrected chi connectivity index (χ4v) is 2.90. The lowest BCUT2D eigenvalue weighted by Crippen LogP contribution is -2.12. The van der Waals surface area contributed by atoms with Crippen LogP contribution in [0.25, 0.3) is 17.5 Å². The maximum Gasteiger partial charge on any atom is 0.322 e. The van der Waals surface area contributed by atoms with Crippen molar-refractivity contribution in [2.24, 2.45) is 0 Å². The fourth-order valence-electron chi connectivity index (χ4n) is 2.78. The van der Waals surface area contributed by atoms with Crippen molar-refractivity contribution in [3.63, 3.8) is 0 Å². The molecule has 1 aromatic heterocycles. The summed E-state index contributed by atoms with van der Waals surface area (Å²) < 4.78 is 5.48. The summed E-state index contributed by atoms with van der Waals surface area (Å²) in [7, 11) is 0. The van der Waals surface area contributed by atoms with Gasteiger partial charge in [-0.05, 0) is 60.2 Å². The van der Waals surface area contributed by atoms with E-state index in [1.807, 2.05) is 42.5 Å². The van der Waals surface area contributed by atoms with Crippen molar-refractivity contribution >= 4 is 41.2 Å². The highest BCUT2D eigenvalue weighted by Crippen LogP contribution is 2.20. The van der Waals surface area contributed by atoms with Crippen molar-refractivity contribution in [2.75, 3.05) is 10.6 Å². The standard InChI is InChI=1S/C24H17ClN4O3/c25-19-11-6-16(7-12-19)8-15-21(30)26-20-13-9-17(10-14-20)22(31)27-24-29-28-23(32-24)18-4-2-1-3-5-18/h1-15H,(H,26,30)(H,27,29,31)/b15-8+. The Hall–Kier alpha value is -4.23. The van der Waals surface area contributed by atoms with Crippen LogP contribution in [0.4, 0.5) is 11.7 Å². The number of hydrogen-bond donors (Lipinski definition) is 2. The zero-order chi connectivity index (χ0) is 22.3. The van der Waals surface area contributed by atoms with Gasteiger partial charge in [0.2, 0.25) is 11.8 Å². The van der Waals surface area contributed by atoms with Gasteiger partial charge in [0.05, 0.1) is 0 Å². The van der Waals surface area contributed by atoms with Gasteiger partial charge in [0.25, 0.3) is 5.91 Å². The van der Waals surface area contributed by atoms with Crippen LogP contribution >= 0.6 is 11.6 Å². The second-order valence-corrected chi connectivity index (χ2v) is 7.12. The molecule has 8 heteroatoms. The van der Waals surface area contributed by atoms with Gasteiger partial charge in [-0.15, -0.1) is 5.10 Å². The van der Waals surface area contributed by atoms with E-state index in [-0.39, 0.29) is 11.9 Å². The number of halogens is 1. The zero-order valence-electron chi connectivity index (χ0n) is 16.7. The fraction of sp³-hybridized carbons (Fsp3) is 0. The Balaban J connectivity index is 1.34. The molecule has 1 heterocycles. The van der Waals surface area contributed by atoms with Gasteiger partial charge in [0, 0.05) is 27.9 Å². The summed E-state index contributed by atoms with van der Waals surface area (Å²) in [6.07, 6.45) is 3.10. The molecule has 4 aromatic rings. The van der Waals surface area contributed by atoms with E-state index in [0.717, 1.165) is 11.1 Å². The van der Waals surface area contributed by atoms with Crippen molar-refractivity contribution in [2.45, 2.75) is 0 Å². The lowest BCUT2D eigenvalue weighted by molar-refractivity contribution is -0.111. The molecule has 0 saturated carbocycles. The summed E-state index contributed by atoms with van der Waals surface area (Å²) in [5.74, 6) is -0.393. The summed E-state index contributed by atoms with van der Waals surface area (Å²) in [5, 5.41) is 13.7. The van der Waals surface area contributed by atoms with Crippen molar-refractivity contribution in [1.82, 2.24) is 10.2 Å². The van der Waals surface area contributed by atoms with Crippen LogP contribution in [-0.2, 0) is 4.79 Å². The van der Waals surface area contributed by atoms with Crippen LogP contribution in [0.5, 0.6) is 0 Å². The number of benzene rings is 3. The monoisotopic (exact) mass is 444 g/mol. The summed E-state index contributed by atoms with van der Waals surface area (Å²) in [6.45, 7) is 0. The second-order valence-electron chi connectivity index (χ2n) is 6.68. The number of anilines is 2. The molecular formula is C24H17ClN4O3. The summed E-state index contributed by atoms with van der Waals surface area (Å²) in [6, 6.07) is 22.8. The minimum Gasteiger partial charge on any atom is -0.403 e. The molecular weight excluding hydrogens is 428 g/mol. The van der Waals surface area contributed by atoms with E-state index in [4.69, 9.17) is 16.0 Å². The SMILES string of the molecule is O=C(/C=C/c1ccc(Cl)cc1)Nc1ccc(C(=O)Nc2nnc(-c3ccccc3)o2)cc1. The van der Waals surface area contributed by atoms with Crippen LogP contribution in [0.3, 0.4) is 0 Å². The smallest absolute Gasteiger partial charge is 0.322 e. The first-order chi connectivity index (χ1) is 15.6. The average molecular weight is 445 g/mol. The predicted molar refractivity (Wildman–Crippen MR) is 123 cm³/mol. The van der Waals surface area contributed by atoms with Gasteiger partial charge in [-0.3, -0.25) is 14.9 Å². The van der Waals surface area contributed by atoms with Crippen LogP contribution < -0.4 is 10.6 Å². The van der Waals surface area contributed by atoms with Crippen LogP contribution in [0, 0.1) is 0 Å². The Kier molecular flexibility index (Phi) is 6.38. The molecule has 0 fully saturated rings. The van der Waals surface area contributed by atoms with Gasteiger partial charge in [-0.1, -0.05) is 47.0 Å². The van der Waals surface area contributed by atoms with Crippen LogP contribution in [0.1, 0.15) is 15.9 Å². The van der Waals surface area contributed by atoms with E-state index < -0.39 is 5.91 Å². The molecule has 2 amide bonds. The molecule has 3 aromatic carbocycles. The van der Waals surface area contributed by atoms with E-state index in [9.17, 15) is 9.59 Å². The Morgan fingerprint density at radius 2 is 1.56 bits per heavy atom. The first kappa shape index (κ1) is 21.0. The normalized spacial score (nSPS) is 10.8. The number of amides is 2. The third-order valence-electron chi connectivity index (χ3n) is 4.38. The van der Waals surface area contributed by atoms with E-state index in [1.165, 1.54) is 6.08 Å². The van der Waals surface area contributed by atoms with Crippen molar-refractivity contribution < 1.29 is 14.0 Å². The first-order valence-corrected chi connectivity index (χ1v) is 9.99. The number of nitrogens with zero attached hydrogens (tertiary/aromatic N) is 2. The average Bonchev–Trinajstić information content (AvgIpc) is 3.28. The number of carbonyl (C=O) groups excluding carboxylic acids is 2. The number of hydrogen-bond acceptors (Lipinski definition) is 5. The minimum absolute atomic E-state index is 0.00132. The van der Waals surface area contributed by atoms with E-state index >= 15 is 0 Å². The van der Waals surface area contributed by atoms with Crippen LogP contribution in [0.2, 0.25) is 5.02 Å². The second kappa shape index (κ2) is 9.72. The van der Waals surface area contributed by atoms with Gasteiger partial charge < -0.3 is 9.73 Å². The summed E-state index contributed by atoms with van der Waals surface area (Å²) in [5.41, 5.74) is 2.54. The lowest BCUT2D eigenvalue weighted by atomic mass is 10.2. The van der Waals surface area contributed by atoms with E-state index in [2.05, 4.69) is 20.8 Å². The quantitative estimate of drug-likeness (QED) is 0.393. The lowest BCUT2D eigenvalue weighted by Gasteiger charge is -2.04. The highest BCUT2D eigenvalue weighted by molar-refractivity contribution is 6.30. The molecule has 4 rings (SSSR count). The van der Waals surface area contributed by atoms with Gasteiger partial charge >= 0.3 is 6.01 Å². The molecule has 0 aliphatic carbocycles. The Morgan fingerprint density at radius 3 is 2.28 bits per heavy atom. The number of nitrogens with one attached hydrogen (secondary N) is 2. The molecule has 0 radical (unpaired) electrons. The number of aromatic nitrogens is 2. The molecule has 158 valence electrons. The Labute approximate surface area is 188 Å².